The minimum atomic E-state index is -0.727. The van der Waals surface area contributed by atoms with Gasteiger partial charge < -0.3 is 0 Å². The first-order chi connectivity index (χ1) is 23.8. The zero-order valence-electron chi connectivity index (χ0n) is 26.8. The van der Waals surface area contributed by atoms with Gasteiger partial charge in [-0.1, -0.05) is 194 Å². The van der Waals surface area contributed by atoms with E-state index < -0.39 is 15.8 Å². The van der Waals surface area contributed by atoms with E-state index in [2.05, 4.69) is 194 Å². The van der Waals surface area contributed by atoms with Crippen molar-refractivity contribution in [1.82, 2.24) is 0 Å². The molecule has 0 N–H and O–H groups in total. The zero-order valence-corrected chi connectivity index (χ0v) is 28.6. The van der Waals surface area contributed by atoms with Gasteiger partial charge in [-0.05, 0) is 80.9 Å². The minimum Gasteiger partial charge on any atom is -0.0622 e. The number of hydrogen-bond acceptors (Lipinski definition) is 0. The molecule has 0 spiro atoms. The molecular formula is C46H36P2. The van der Waals surface area contributed by atoms with Crippen LogP contribution in [0.3, 0.4) is 0 Å². The molecule has 0 amide bonds. The molecule has 0 aliphatic rings. The van der Waals surface area contributed by atoms with Gasteiger partial charge in [0.15, 0.2) is 0 Å². The Kier molecular flexibility index (Phi) is 8.95. The van der Waals surface area contributed by atoms with Crippen LogP contribution in [0.2, 0.25) is 0 Å². The Balaban J connectivity index is 1.46. The molecule has 0 saturated heterocycles. The predicted octanol–water partition coefficient (Wildman–Crippen LogP) is 10.9. The molecule has 0 saturated carbocycles. The summed E-state index contributed by atoms with van der Waals surface area (Å²) >= 11 is 0. The predicted molar refractivity (Wildman–Crippen MR) is 212 cm³/mol. The van der Waals surface area contributed by atoms with Gasteiger partial charge in [-0.15, -0.1) is 0 Å². The molecule has 8 rings (SSSR count). The second kappa shape index (κ2) is 14.1. The van der Waals surface area contributed by atoms with E-state index in [0.29, 0.717) is 0 Å². The van der Waals surface area contributed by atoms with Crippen LogP contribution in [-0.2, 0) is 12.3 Å². The third kappa shape index (κ3) is 6.23. The van der Waals surface area contributed by atoms with Crippen LogP contribution in [-0.4, -0.2) is 0 Å². The second-order valence-corrected chi connectivity index (χ2v) is 16.5. The van der Waals surface area contributed by atoms with Gasteiger partial charge in [0.2, 0.25) is 0 Å². The molecule has 0 nitrogen and oxygen atoms in total. The van der Waals surface area contributed by atoms with Gasteiger partial charge in [0.25, 0.3) is 0 Å². The summed E-state index contributed by atoms with van der Waals surface area (Å²) in [4.78, 5) is 0. The summed E-state index contributed by atoms with van der Waals surface area (Å²) in [6, 6.07) is 72.2. The highest BCUT2D eigenvalue weighted by Crippen LogP contribution is 2.48. The van der Waals surface area contributed by atoms with E-state index in [1.165, 1.54) is 65.0 Å². The number of hydrogen-bond donors (Lipinski definition) is 0. The van der Waals surface area contributed by atoms with Crippen LogP contribution in [0, 0.1) is 0 Å². The Labute approximate surface area is 286 Å². The van der Waals surface area contributed by atoms with Crippen molar-refractivity contribution < 1.29 is 0 Å². The number of fused-ring (bicyclic) bond motifs is 2. The third-order valence-corrected chi connectivity index (χ3v) is 14.3. The Hall–Kier alpha value is -4.86. The van der Waals surface area contributed by atoms with Crippen molar-refractivity contribution in [3.8, 4) is 11.1 Å². The molecule has 2 atom stereocenters. The normalized spacial score (nSPS) is 12.6. The van der Waals surface area contributed by atoms with Gasteiger partial charge >= 0.3 is 0 Å². The first kappa shape index (κ1) is 30.5. The molecule has 2 unspecified atom stereocenters. The van der Waals surface area contributed by atoms with Crippen molar-refractivity contribution in [3.05, 3.63) is 205 Å². The molecule has 230 valence electrons. The molecule has 0 aliphatic heterocycles. The smallest absolute Gasteiger partial charge is 0.000765 e. The molecular weight excluding hydrogens is 614 g/mol. The van der Waals surface area contributed by atoms with Gasteiger partial charge in [-0.2, -0.15) is 0 Å². The molecule has 0 aliphatic carbocycles. The van der Waals surface area contributed by atoms with Crippen molar-refractivity contribution in [2.24, 2.45) is 0 Å². The van der Waals surface area contributed by atoms with E-state index in [-0.39, 0.29) is 0 Å². The van der Waals surface area contributed by atoms with Gasteiger partial charge in [0.1, 0.15) is 0 Å². The van der Waals surface area contributed by atoms with Gasteiger partial charge in [0, 0.05) is 12.3 Å². The van der Waals surface area contributed by atoms with Crippen LogP contribution in [0.5, 0.6) is 0 Å². The van der Waals surface area contributed by atoms with Crippen molar-refractivity contribution in [2.75, 3.05) is 0 Å². The number of benzene rings is 8. The molecule has 8 aromatic carbocycles. The van der Waals surface area contributed by atoms with Crippen molar-refractivity contribution in [3.63, 3.8) is 0 Å². The molecule has 48 heavy (non-hydrogen) atoms. The van der Waals surface area contributed by atoms with Crippen LogP contribution in [0.1, 0.15) is 11.1 Å². The minimum absolute atomic E-state index is 0.727. The Morgan fingerprint density at radius 2 is 0.625 bits per heavy atom. The van der Waals surface area contributed by atoms with Crippen LogP contribution >= 0.6 is 15.8 Å². The Morgan fingerprint density at radius 1 is 0.292 bits per heavy atom. The topological polar surface area (TPSA) is 0 Å². The quantitative estimate of drug-likeness (QED) is 0.136. The Bertz CT molecular complexity index is 2120. The van der Waals surface area contributed by atoms with E-state index in [9.17, 15) is 0 Å². The molecule has 0 fully saturated rings. The fourth-order valence-corrected chi connectivity index (χ4v) is 11.9. The summed E-state index contributed by atoms with van der Waals surface area (Å²) in [6.45, 7) is 0. The van der Waals surface area contributed by atoms with Crippen molar-refractivity contribution >= 4 is 58.6 Å². The lowest BCUT2D eigenvalue weighted by atomic mass is 9.93. The monoisotopic (exact) mass is 650 g/mol. The van der Waals surface area contributed by atoms with Gasteiger partial charge in [-0.3, -0.25) is 0 Å². The highest BCUT2D eigenvalue weighted by atomic mass is 31.1. The van der Waals surface area contributed by atoms with Gasteiger partial charge in [0.05, 0.1) is 0 Å². The summed E-state index contributed by atoms with van der Waals surface area (Å²) in [5.74, 6) is 0. The van der Waals surface area contributed by atoms with Crippen molar-refractivity contribution in [2.45, 2.75) is 12.3 Å². The SMILES string of the molecule is c1ccc(CP(c2ccccc2)c2ccc3ccccc3c2-c2c(P(Cc3ccccc3)c3ccccc3)ccc3ccccc23)cc1. The van der Waals surface area contributed by atoms with E-state index in [4.69, 9.17) is 0 Å². The molecule has 2 heteroatoms. The highest BCUT2D eigenvalue weighted by molar-refractivity contribution is 7.73. The summed E-state index contributed by atoms with van der Waals surface area (Å²) in [7, 11) is -1.45. The van der Waals surface area contributed by atoms with Crippen LogP contribution in [0.25, 0.3) is 32.7 Å². The van der Waals surface area contributed by atoms with Crippen LogP contribution in [0.15, 0.2) is 194 Å². The lowest BCUT2D eigenvalue weighted by molar-refractivity contribution is 1.40. The average molecular weight is 651 g/mol. The number of rotatable bonds is 9. The van der Waals surface area contributed by atoms with E-state index in [1.54, 1.807) is 0 Å². The van der Waals surface area contributed by atoms with Gasteiger partial charge in [-0.25, -0.2) is 0 Å². The maximum Gasteiger partial charge on any atom is 0.000765 e. The summed E-state index contributed by atoms with van der Waals surface area (Å²) in [5.41, 5.74) is 5.53. The third-order valence-electron chi connectivity index (χ3n) is 9.15. The zero-order chi connectivity index (χ0) is 32.1. The largest absolute Gasteiger partial charge is 0.0622 e. The molecule has 0 heterocycles. The van der Waals surface area contributed by atoms with E-state index in [1.807, 2.05) is 0 Å². The fourth-order valence-electron chi connectivity index (χ4n) is 6.87. The molecule has 0 bridgehead atoms. The highest BCUT2D eigenvalue weighted by Gasteiger charge is 2.27. The molecule has 0 aromatic heterocycles. The summed E-state index contributed by atoms with van der Waals surface area (Å²) in [6.07, 6.45) is 1.98. The summed E-state index contributed by atoms with van der Waals surface area (Å²) < 4.78 is 0. The van der Waals surface area contributed by atoms with E-state index >= 15 is 0 Å². The van der Waals surface area contributed by atoms with E-state index in [0.717, 1.165) is 12.3 Å². The molecule has 8 aromatic rings. The maximum absolute atomic E-state index is 2.45. The van der Waals surface area contributed by atoms with Crippen LogP contribution in [0.4, 0.5) is 0 Å². The average Bonchev–Trinajstić information content (AvgIpc) is 3.17. The van der Waals surface area contributed by atoms with Crippen LogP contribution < -0.4 is 21.2 Å². The lowest BCUT2D eigenvalue weighted by Crippen LogP contribution is -2.21. The maximum atomic E-state index is 2.45. The standard InChI is InChI=1S/C46H36P2/c1-5-17-35(18-6-1)33-47(39-23-9-3-10-24-39)43-31-29-37-21-13-15-27-41(37)45(43)46-42-28-16-14-22-38(42)30-32-44(46)48(40-25-11-4-12-26-40)34-36-19-7-2-8-20-36/h1-32H,33-34H2. The second-order valence-electron chi connectivity index (χ2n) is 12.2. The molecule has 0 radical (unpaired) electrons. The lowest BCUT2D eigenvalue weighted by Gasteiger charge is -2.28. The first-order valence-electron chi connectivity index (χ1n) is 16.6. The first-order valence-corrected chi connectivity index (χ1v) is 19.7. The summed E-state index contributed by atoms with van der Waals surface area (Å²) in [5, 5.41) is 10.9. The fraction of sp³-hybridized carbons (Fsp3) is 0.0435. The Morgan fingerprint density at radius 3 is 1.02 bits per heavy atom. The van der Waals surface area contributed by atoms with Crippen molar-refractivity contribution in [1.29, 1.82) is 0 Å².